The first-order valence-corrected chi connectivity index (χ1v) is 12.0. The van der Waals surface area contributed by atoms with Crippen molar-refractivity contribution in [2.75, 3.05) is 32.7 Å². The van der Waals surface area contributed by atoms with Crippen LogP contribution in [0.25, 0.3) is 10.9 Å². The molecule has 1 aromatic carbocycles. The van der Waals surface area contributed by atoms with Crippen molar-refractivity contribution in [1.29, 1.82) is 0 Å². The summed E-state index contributed by atoms with van der Waals surface area (Å²) >= 11 is 0. The Morgan fingerprint density at radius 3 is 2.66 bits per heavy atom. The molecule has 2 aliphatic heterocycles. The quantitative estimate of drug-likeness (QED) is 0.574. The minimum Gasteiger partial charge on any atom is -0.345 e. The summed E-state index contributed by atoms with van der Waals surface area (Å²) in [6, 6.07) is 5.75. The van der Waals surface area contributed by atoms with Crippen LogP contribution >= 0.6 is 0 Å². The maximum atomic E-state index is 13.7. The van der Waals surface area contributed by atoms with E-state index < -0.39 is 23.7 Å². The van der Waals surface area contributed by atoms with Crippen LogP contribution in [0.15, 0.2) is 30.5 Å². The Balaban J connectivity index is 1.58. The third-order valence-electron chi connectivity index (χ3n) is 7.16. The highest BCUT2D eigenvalue weighted by Crippen LogP contribution is 2.40. The number of hydrogen-bond acceptors (Lipinski definition) is 4. The highest BCUT2D eigenvalue weighted by Gasteiger charge is 2.41. The zero-order valence-corrected chi connectivity index (χ0v) is 19.7. The van der Waals surface area contributed by atoms with Gasteiger partial charge >= 0.3 is 6.18 Å². The minimum atomic E-state index is -4.54. The third-order valence-corrected chi connectivity index (χ3v) is 7.16. The summed E-state index contributed by atoms with van der Waals surface area (Å²) in [5.74, 6) is 0.0989. The largest absolute Gasteiger partial charge is 0.418 e. The van der Waals surface area contributed by atoms with Gasteiger partial charge in [0.25, 0.3) is 6.43 Å². The van der Waals surface area contributed by atoms with Crippen LogP contribution in [0.5, 0.6) is 0 Å². The number of rotatable bonds is 6. The molecule has 2 aliphatic rings. The number of nitrogens with zero attached hydrogens (tertiary/aromatic N) is 2. The molecule has 5 nitrogen and oxygen atoms in total. The summed E-state index contributed by atoms with van der Waals surface area (Å²) in [6.45, 7) is 3.99. The molecular formula is C25H31F5N4O. The minimum absolute atomic E-state index is 0.0842. The fourth-order valence-electron chi connectivity index (χ4n) is 5.61. The van der Waals surface area contributed by atoms with Crippen molar-refractivity contribution in [3.8, 4) is 0 Å². The number of carbonyl (C=O) groups excluding carboxylic acids is 1. The van der Waals surface area contributed by atoms with Gasteiger partial charge in [-0.1, -0.05) is 19.1 Å². The lowest BCUT2D eigenvalue weighted by atomic mass is 9.76. The van der Waals surface area contributed by atoms with Gasteiger partial charge in [-0.15, -0.1) is 0 Å². The van der Waals surface area contributed by atoms with Gasteiger partial charge in [0.2, 0.25) is 5.91 Å². The molecule has 1 aromatic heterocycles. The molecule has 0 aliphatic carbocycles. The van der Waals surface area contributed by atoms with Gasteiger partial charge < -0.3 is 10.6 Å². The number of benzene rings is 1. The predicted octanol–water partition coefficient (Wildman–Crippen LogP) is 4.56. The number of pyridine rings is 1. The van der Waals surface area contributed by atoms with E-state index in [-0.39, 0.29) is 36.2 Å². The maximum Gasteiger partial charge on any atom is 0.418 e. The number of alkyl halides is 5. The van der Waals surface area contributed by atoms with Crippen LogP contribution in [0.3, 0.4) is 0 Å². The third kappa shape index (κ3) is 5.91. The van der Waals surface area contributed by atoms with Gasteiger partial charge in [0, 0.05) is 24.5 Å². The summed E-state index contributed by atoms with van der Waals surface area (Å²) in [6.07, 6.45) is -3.41. The smallest absolute Gasteiger partial charge is 0.345 e. The molecule has 35 heavy (non-hydrogen) atoms. The van der Waals surface area contributed by atoms with Gasteiger partial charge in [-0.2, -0.15) is 13.2 Å². The summed E-state index contributed by atoms with van der Waals surface area (Å²) in [7, 11) is 0. The molecule has 2 fully saturated rings. The SMILES string of the molecule is C[C@@H]1CNC[C@](NC(=O)CC2CCN(CC(F)F)CC2)(c2ccc(C(F)(F)F)c3ncccc23)C1. The second-order valence-electron chi connectivity index (χ2n) is 9.97. The summed E-state index contributed by atoms with van der Waals surface area (Å²) < 4.78 is 66.2. The summed E-state index contributed by atoms with van der Waals surface area (Å²) in [5.41, 5.74) is -1.19. The van der Waals surface area contributed by atoms with Gasteiger partial charge in [-0.25, -0.2) is 8.78 Å². The average Bonchev–Trinajstić information content (AvgIpc) is 2.78. The normalized spacial score (nSPS) is 24.7. The molecule has 0 saturated carbocycles. The predicted molar refractivity (Wildman–Crippen MR) is 123 cm³/mol. The van der Waals surface area contributed by atoms with Gasteiger partial charge in [0.05, 0.1) is 23.2 Å². The summed E-state index contributed by atoms with van der Waals surface area (Å²) in [4.78, 5) is 19.0. The number of piperidine rings is 2. The van der Waals surface area contributed by atoms with Crippen LogP contribution in [-0.2, 0) is 16.5 Å². The zero-order chi connectivity index (χ0) is 25.2. The van der Waals surface area contributed by atoms with Crippen LogP contribution in [-0.4, -0.2) is 54.9 Å². The van der Waals surface area contributed by atoms with E-state index in [0.717, 1.165) is 12.6 Å². The molecule has 2 saturated heterocycles. The molecule has 0 bridgehead atoms. The lowest BCUT2D eigenvalue weighted by Gasteiger charge is -2.43. The van der Waals surface area contributed by atoms with Crippen molar-refractivity contribution >= 4 is 16.8 Å². The van der Waals surface area contributed by atoms with Crippen molar-refractivity contribution in [3.05, 3.63) is 41.6 Å². The van der Waals surface area contributed by atoms with E-state index in [1.54, 1.807) is 17.0 Å². The highest BCUT2D eigenvalue weighted by atomic mass is 19.4. The van der Waals surface area contributed by atoms with E-state index in [0.29, 0.717) is 49.8 Å². The molecule has 0 radical (unpaired) electrons. The second-order valence-corrected chi connectivity index (χ2v) is 9.97. The van der Waals surface area contributed by atoms with Crippen LogP contribution in [0.2, 0.25) is 0 Å². The van der Waals surface area contributed by atoms with E-state index >= 15 is 0 Å². The number of aromatic nitrogens is 1. The number of carbonyl (C=O) groups is 1. The fraction of sp³-hybridized carbons (Fsp3) is 0.600. The Morgan fingerprint density at radius 2 is 2.00 bits per heavy atom. The topological polar surface area (TPSA) is 57.3 Å². The van der Waals surface area contributed by atoms with E-state index in [2.05, 4.69) is 15.6 Å². The lowest BCUT2D eigenvalue weighted by molar-refractivity contribution is -0.136. The van der Waals surface area contributed by atoms with Crippen LogP contribution in [0, 0.1) is 11.8 Å². The van der Waals surface area contributed by atoms with Gasteiger partial charge in [-0.3, -0.25) is 14.7 Å². The Hall–Kier alpha value is -2.33. The Labute approximate surface area is 201 Å². The van der Waals surface area contributed by atoms with E-state index in [1.165, 1.54) is 12.3 Å². The Morgan fingerprint density at radius 1 is 1.26 bits per heavy atom. The number of likely N-dealkylation sites (tertiary alicyclic amines) is 1. The first-order chi connectivity index (χ1) is 16.6. The van der Waals surface area contributed by atoms with Crippen molar-refractivity contribution in [3.63, 3.8) is 0 Å². The zero-order valence-electron chi connectivity index (χ0n) is 19.7. The monoisotopic (exact) mass is 498 g/mol. The molecule has 3 heterocycles. The van der Waals surface area contributed by atoms with Crippen LogP contribution in [0.1, 0.15) is 43.7 Å². The van der Waals surface area contributed by atoms with Crippen LogP contribution < -0.4 is 10.6 Å². The standard InChI is InChI=1S/C25H31F5N4O/c1-16-12-24(15-31-13-16,33-22(35)11-17-6-9-34(10-7-17)14-21(26)27)19-4-5-20(25(28,29)30)23-18(19)3-2-8-32-23/h2-5,8,16-17,21,31H,6-7,9-15H2,1H3,(H,33,35)/t16-,24-/m0/s1. The van der Waals surface area contributed by atoms with Gasteiger partial charge in [-0.05, 0) is 68.4 Å². The molecule has 2 N–H and O–H groups in total. The van der Waals surface area contributed by atoms with Crippen molar-refractivity contribution < 1.29 is 26.7 Å². The maximum absolute atomic E-state index is 13.7. The molecule has 1 amide bonds. The molecule has 2 atom stereocenters. The first kappa shape index (κ1) is 25.8. The number of halogens is 5. The summed E-state index contributed by atoms with van der Waals surface area (Å²) in [5, 5.41) is 6.88. The molecule has 192 valence electrons. The van der Waals surface area contributed by atoms with Crippen molar-refractivity contribution in [2.24, 2.45) is 11.8 Å². The fourth-order valence-corrected chi connectivity index (χ4v) is 5.61. The van der Waals surface area contributed by atoms with E-state index in [4.69, 9.17) is 0 Å². The molecule has 2 aromatic rings. The number of nitrogens with one attached hydrogen (secondary N) is 2. The van der Waals surface area contributed by atoms with Gasteiger partial charge in [0.15, 0.2) is 0 Å². The first-order valence-electron chi connectivity index (χ1n) is 12.0. The van der Waals surface area contributed by atoms with E-state index in [1.807, 2.05) is 6.92 Å². The highest BCUT2D eigenvalue weighted by molar-refractivity contribution is 5.88. The number of hydrogen-bond donors (Lipinski definition) is 2. The Kier molecular flexibility index (Phi) is 7.61. The van der Waals surface area contributed by atoms with Crippen molar-refractivity contribution in [2.45, 2.75) is 50.7 Å². The van der Waals surface area contributed by atoms with E-state index in [9.17, 15) is 26.7 Å². The Bertz CT molecular complexity index is 1040. The molecule has 0 unspecified atom stereocenters. The number of fused-ring (bicyclic) bond motifs is 1. The van der Waals surface area contributed by atoms with Crippen LogP contribution in [0.4, 0.5) is 22.0 Å². The molecule has 10 heteroatoms. The van der Waals surface area contributed by atoms with Crippen molar-refractivity contribution in [1.82, 2.24) is 20.5 Å². The van der Waals surface area contributed by atoms with Gasteiger partial charge in [0.1, 0.15) is 0 Å². The molecule has 0 spiro atoms. The lowest BCUT2D eigenvalue weighted by Crippen LogP contribution is -2.57. The second kappa shape index (κ2) is 10.3. The molecule has 4 rings (SSSR count). The average molecular weight is 499 g/mol. The molecular weight excluding hydrogens is 467 g/mol. The number of amides is 1.